The van der Waals surface area contributed by atoms with E-state index in [0.29, 0.717) is 23.9 Å². The van der Waals surface area contributed by atoms with Gasteiger partial charge < -0.3 is 5.32 Å². The fourth-order valence-corrected chi connectivity index (χ4v) is 3.58. The molecule has 2 N–H and O–H groups in total. The minimum absolute atomic E-state index is 0.310. The van der Waals surface area contributed by atoms with Gasteiger partial charge in [0.1, 0.15) is 5.82 Å². The van der Waals surface area contributed by atoms with Crippen molar-refractivity contribution in [2.24, 2.45) is 0 Å². The molecule has 25 heavy (non-hydrogen) atoms. The van der Waals surface area contributed by atoms with Crippen LogP contribution in [-0.4, -0.2) is 37.7 Å². The Morgan fingerprint density at radius 2 is 1.96 bits per heavy atom. The molecule has 0 spiro atoms. The minimum Gasteiger partial charge on any atom is -0.368 e. The molecule has 1 aromatic carbocycles. The van der Waals surface area contributed by atoms with Crippen LogP contribution in [0.5, 0.6) is 0 Å². The monoisotopic (exact) mass is 380 g/mol. The molecule has 2 aromatic rings. The summed E-state index contributed by atoms with van der Waals surface area (Å²) in [6.07, 6.45) is 5.25. The normalized spacial score (nSPS) is 14.2. The number of hydrogen-bond acceptors (Lipinski definition) is 5. The van der Waals surface area contributed by atoms with Gasteiger partial charge in [-0.1, -0.05) is 23.7 Å². The van der Waals surface area contributed by atoms with E-state index in [-0.39, 0.29) is 0 Å². The number of sulfonamides is 1. The molecule has 0 amide bonds. The van der Waals surface area contributed by atoms with E-state index in [0.717, 1.165) is 54.6 Å². The molecule has 0 bridgehead atoms. The van der Waals surface area contributed by atoms with Crippen LogP contribution in [-0.2, 0) is 22.9 Å². The Bertz CT molecular complexity index is 871. The molecule has 0 atom stereocenters. The Morgan fingerprint density at radius 3 is 2.72 bits per heavy atom. The van der Waals surface area contributed by atoms with Crippen molar-refractivity contribution in [2.75, 3.05) is 24.7 Å². The van der Waals surface area contributed by atoms with Gasteiger partial charge in [-0.2, -0.15) is 0 Å². The van der Waals surface area contributed by atoms with Gasteiger partial charge in [0.25, 0.3) is 0 Å². The van der Waals surface area contributed by atoms with Crippen molar-refractivity contribution in [3.63, 3.8) is 0 Å². The molecule has 0 unspecified atom stereocenters. The van der Waals surface area contributed by atoms with Gasteiger partial charge in [0.05, 0.1) is 6.26 Å². The predicted octanol–water partition coefficient (Wildman–Crippen LogP) is 2.64. The number of nitrogens with zero attached hydrogens (tertiary/aromatic N) is 2. The van der Waals surface area contributed by atoms with Gasteiger partial charge in [-0.3, -0.25) is 0 Å². The Labute approximate surface area is 153 Å². The molecule has 0 fully saturated rings. The molecule has 0 saturated heterocycles. The maximum atomic E-state index is 11.2. The standard InChI is InChI=1S/C17H21ClN4O2S/c1-25(23,24)20-10-9-19-17-14-7-2-3-8-15(14)21-16(22-17)12-5-4-6-13(18)11-12/h4-6,11,20H,2-3,7-10H2,1H3,(H,19,21,22). The van der Waals surface area contributed by atoms with Crippen molar-refractivity contribution in [3.8, 4) is 11.4 Å². The van der Waals surface area contributed by atoms with Crippen molar-refractivity contribution in [1.82, 2.24) is 14.7 Å². The van der Waals surface area contributed by atoms with Crippen molar-refractivity contribution < 1.29 is 8.42 Å². The average molecular weight is 381 g/mol. The summed E-state index contributed by atoms with van der Waals surface area (Å²) in [7, 11) is -3.19. The number of nitrogens with one attached hydrogen (secondary N) is 2. The first-order chi connectivity index (χ1) is 11.9. The van der Waals surface area contributed by atoms with E-state index in [2.05, 4.69) is 15.0 Å². The summed E-state index contributed by atoms with van der Waals surface area (Å²) in [5, 5.41) is 3.90. The van der Waals surface area contributed by atoms with Gasteiger partial charge in [-0.15, -0.1) is 0 Å². The second-order valence-electron chi connectivity index (χ2n) is 6.13. The zero-order chi connectivity index (χ0) is 17.9. The van der Waals surface area contributed by atoms with Crippen LogP contribution in [0.15, 0.2) is 24.3 Å². The number of halogens is 1. The van der Waals surface area contributed by atoms with Crippen molar-refractivity contribution in [2.45, 2.75) is 25.7 Å². The summed E-state index contributed by atoms with van der Waals surface area (Å²) in [5.74, 6) is 1.43. The second kappa shape index (κ2) is 7.68. The Morgan fingerprint density at radius 1 is 1.16 bits per heavy atom. The third-order valence-corrected chi connectivity index (χ3v) is 5.01. The Hall–Kier alpha value is -1.70. The summed E-state index contributed by atoms with van der Waals surface area (Å²) in [6, 6.07) is 7.48. The molecule has 0 saturated carbocycles. The SMILES string of the molecule is CS(=O)(=O)NCCNc1nc(-c2cccc(Cl)c2)nc2c1CCCC2. The maximum Gasteiger partial charge on any atom is 0.208 e. The summed E-state index contributed by atoms with van der Waals surface area (Å²) in [5.41, 5.74) is 3.07. The lowest BCUT2D eigenvalue weighted by Gasteiger charge is -2.20. The number of fused-ring (bicyclic) bond motifs is 1. The largest absolute Gasteiger partial charge is 0.368 e. The van der Waals surface area contributed by atoms with E-state index in [4.69, 9.17) is 16.6 Å². The van der Waals surface area contributed by atoms with E-state index in [9.17, 15) is 8.42 Å². The first-order valence-electron chi connectivity index (χ1n) is 8.26. The van der Waals surface area contributed by atoms with Crippen molar-refractivity contribution in [3.05, 3.63) is 40.5 Å². The zero-order valence-corrected chi connectivity index (χ0v) is 15.6. The highest BCUT2D eigenvalue weighted by Gasteiger charge is 2.18. The van der Waals surface area contributed by atoms with Gasteiger partial charge >= 0.3 is 0 Å². The topological polar surface area (TPSA) is 84.0 Å². The second-order valence-corrected chi connectivity index (χ2v) is 8.40. The molecule has 1 aliphatic carbocycles. The van der Waals surface area contributed by atoms with Gasteiger partial charge in [-0.25, -0.2) is 23.1 Å². The molecule has 6 nitrogen and oxygen atoms in total. The maximum absolute atomic E-state index is 11.2. The number of hydrogen-bond donors (Lipinski definition) is 2. The molecule has 8 heteroatoms. The Kier molecular flexibility index (Phi) is 5.56. The summed E-state index contributed by atoms with van der Waals surface area (Å²) in [6.45, 7) is 0.773. The minimum atomic E-state index is -3.19. The third-order valence-electron chi connectivity index (χ3n) is 4.05. The molecule has 1 aromatic heterocycles. The van der Waals surface area contributed by atoms with E-state index < -0.39 is 10.0 Å². The zero-order valence-electron chi connectivity index (χ0n) is 14.0. The van der Waals surface area contributed by atoms with E-state index >= 15 is 0 Å². The van der Waals surface area contributed by atoms with Gasteiger partial charge in [0, 0.05) is 34.9 Å². The number of aromatic nitrogens is 2. The van der Waals surface area contributed by atoms with E-state index in [1.807, 2.05) is 24.3 Å². The average Bonchev–Trinajstić information content (AvgIpc) is 2.57. The molecule has 0 aliphatic heterocycles. The molecule has 1 heterocycles. The van der Waals surface area contributed by atoms with Gasteiger partial charge in [0.15, 0.2) is 5.82 Å². The number of rotatable bonds is 6. The quantitative estimate of drug-likeness (QED) is 0.752. The smallest absolute Gasteiger partial charge is 0.208 e. The summed E-state index contributed by atoms with van der Waals surface area (Å²) in [4.78, 5) is 9.40. The predicted molar refractivity (Wildman–Crippen MR) is 100 cm³/mol. The van der Waals surface area contributed by atoms with Crippen molar-refractivity contribution >= 4 is 27.4 Å². The highest BCUT2D eigenvalue weighted by Crippen LogP contribution is 2.29. The van der Waals surface area contributed by atoms with Crippen LogP contribution in [0.2, 0.25) is 5.02 Å². The fourth-order valence-electron chi connectivity index (χ4n) is 2.91. The lowest BCUT2D eigenvalue weighted by Crippen LogP contribution is -2.28. The van der Waals surface area contributed by atoms with Crippen LogP contribution >= 0.6 is 11.6 Å². The van der Waals surface area contributed by atoms with Crippen LogP contribution < -0.4 is 10.0 Å². The number of aryl methyl sites for hydroxylation is 1. The molecule has 1 aliphatic rings. The van der Waals surface area contributed by atoms with Crippen LogP contribution in [0.1, 0.15) is 24.1 Å². The van der Waals surface area contributed by atoms with Crippen LogP contribution in [0.25, 0.3) is 11.4 Å². The lowest BCUT2D eigenvalue weighted by molar-refractivity contribution is 0.589. The van der Waals surface area contributed by atoms with Crippen LogP contribution in [0.3, 0.4) is 0 Å². The molecule has 3 rings (SSSR count). The lowest BCUT2D eigenvalue weighted by atomic mass is 9.96. The third kappa shape index (κ3) is 4.90. The molecular formula is C17H21ClN4O2S. The first kappa shape index (κ1) is 18.1. The van der Waals surface area contributed by atoms with Crippen molar-refractivity contribution in [1.29, 1.82) is 0 Å². The highest BCUT2D eigenvalue weighted by molar-refractivity contribution is 7.88. The van der Waals surface area contributed by atoms with Crippen LogP contribution in [0, 0.1) is 0 Å². The van der Waals surface area contributed by atoms with Crippen LogP contribution in [0.4, 0.5) is 5.82 Å². The first-order valence-corrected chi connectivity index (χ1v) is 10.5. The van der Waals surface area contributed by atoms with E-state index in [1.165, 1.54) is 0 Å². The molecular weight excluding hydrogens is 360 g/mol. The summed E-state index contributed by atoms with van der Waals surface area (Å²) < 4.78 is 24.8. The van der Waals surface area contributed by atoms with Gasteiger partial charge in [-0.05, 0) is 37.8 Å². The summed E-state index contributed by atoms with van der Waals surface area (Å²) >= 11 is 6.09. The number of benzene rings is 1. The van der Waals surface area contributed by atoms with E-state index in [1.54, 1.807) is 0 Å². The molecule has 0 radical (unpaired) electrons. The van der Waals surface area contributed by atoms with Gasteiger partial charge in [0.2, 0.25) is 10.0 Å². The fraction of sp³-hybridized carbons (Fsp3) is 0.412. The Balaban J connectivity index is 1.86. The highest BCUT2D eigenvalue weighted by atomic mass is 35.5. The number of anilines is 1. The molecule has 134 valence electrons.